The van der Waals surface area contributed by atoms with Crippen molar-refractivity contribution in [2.24, 2.45) is 0 Å². The van der Waals surface area contributed by atoms with E-state index >= 15 is 0 Å². The summed E-state index contributed by atoms with van der Waals surface area (Å²) in [7, 11) is 4.06. The van der Waals surface area contributed by atoms with Gasteiger partial charge in [-0.2, -0.15) is 0 Å². The van der Waals surface area contributed by atoms with Gasteiger partial charge in [0.1, 0.15) is 0 Å². The number of aldehydes is 1. The monoisotopic (exact) mass is 238 g/mol. The Balaban J connectivity index is 2.41. The van der Waals surface area contributed by atoms with Crippen molar-refractivity contribution in [1.29, 1.82) is 0 Å². The zero-order chi connectivity index (χ0) is 12.8. The molecule has 1 heterocycles. The number of aryl methyl sites for hydroxylation is 1. The van der Waals surface area contributed by atoms with E-state index in [9.17, 15) is 4.79 Å². The fourth-order valence-corrected chi connectivity index (χ4v) is 1.80. The minimum absolute atomic E-state index is 0.683. The number of carbonyl (C=O) groups excluding carboxylic acids is 1. The third kappa shape index (κ3) is 3.98. The minimum Gasteiger partial charge on any atom is -0.378 e. The van der Waals surface area contributed by atoms with Gasteiger partial charge in [0.15, 0.2) is 6.29 Å². The van der Waals surface area contributed by atoms with Crippen LogP contribution in [0.1, 0.15) is 21.7 Å². The molecule has 0 aliphatic carbocycles. The van der Waals surface area contributed by atoms with Crippen LogP contribution in [0.3, 0.4) is 0 Å². The van der Waals surface area contributed by atoms with Crippen molar-refractivity contribution in [1.82, 2.24) is 9.47 Å². The maximum Gasteiger partial charge on any atom is 0.151 e. The topological polar surface area (TPSA) is 34.5 Å². The molecule has 1 aromatic heterocycles. The number of hydrogen-bond acceptors (Lipinski definition) is 3. The average molecular weight is 238 g/mol. The van der Waals surface area contributed by atoms with Crippen LogP contribution in [0.15, 0.2) is 6.07 Å². The van der Waals surface area contributed by atoms with E-state index in [-0.39, 0.29) is 0 Å². The van der Waals surface area contributed by atoms with Gasteiger partial charge in [-0.05, 0) is 34.0 Å². The lowest BCUT2D eigenvalue weighted by Crippen LogP contribution is -2.19. The summed E-state index contributed by atoms with van der Waals surface area (Å²) in [5.74, 6) is 0. The molecule has 1 rings (SSSR count). The number of carbonyl (C=O) groups is 1. The van der Waals surface area contributed by atoms with Gasteiger partial charge in [-0.15, -0.1) is 0 Å². The van der Waals surface area contributed by atoms with Crippen LogP contribution in [0.25, 0.3) is 0 Å². The zero-order valence-electron chi connectivity index (χ0n) is 11.2. The Bertz CT molecular complexity index is 370. The lowest BCUT2D eigenvalue weighted by atomic mass is 10.3. The Morgan fingerprint density at radius 1 is 1.35 bits per heavy atom. The molecule has 0 aromatic carbocycles. The maximum atomic E-state index is 10.8. The number of rotatable bonds is 7. The molecule has 17 heavy (non-hydrogen) atoms. The molecule has 4 heteroatoms. The molecule has 0 aliphatic heterocycles. The fraction of sp³-hybridized carbons (Fsp3) is 0.615. The first kappa shape index (κ1) is 13.9. The second-order valence-corrected chi connectivity index (χ2v) is 4.51. The molecule has 0 fully saturated rings. The van der Waals surface area contributed by atoms with E-state index in [1.165, 1.54) is 0 Å². The van der Waals surface area contributed by atoms with Gasteiger partial charge in [-0.1, -0.05) is 0 Å². The van der Waals surface area contributed by atoms with E-state index in [0.717, 1.165) is 42.9 Å². The van der Waals surface area contributed by atoms with Crippen LogP contribution in [0.4, 0.5) is 0 Å². The third-order valence-electron chi connectivity index (χ3n) is 2.88. The highest BCUT2D eigenvalue weighted by atomic mass is 16.5. The Morgan fingerprint density at radius 2 is 2.06 bits per heavy atom. The molecule has 0 atom stereocenters. The standard InChI is InChI=1S/C13H22N2O2/c1-11-9-13(10-16)12(2)15(11)6-8-17-7-5-14(3)4/h9-10H,5-8H2,1-4H3. The van der Waals surface area contributed by atoms with Gasteiger partial charge in [-0.3, -0.25) is 4.79 Å². The Labute approximate surface area is 103 Å². The van der Waals surface area contributed by atoms with Crippen molar-refractivity contribution in [3.63, 3.8) is 0 Å². The summed E-state index contributed by atoms with van der Waals surface area (Å²) in [5.41, 5.74) is 2.91. The maximum absolute atomic E-state index is 10.8. The van der Waals surface area contributed by atoms with Crippen molar-refractivity contribution >= 4 is 6.29 Å². The number of hydrogen-bond donors (Lipinski definition) is 0. The number of likely N-dealkylation sites (N-methyl/N-ethyl adjacent to an activating group) is 1. The van der Waals surface area contributed by atoms with E-state index < -0.39 is 0 Å². The first-order chi connectivity index (χ1) is 8.06. The van der Waals surface area contributed by atoms with Gasteiger partial charge >= 0.3 is 0 Å². The lowest BCUT2D eigenvalue weighted by molar-refractivity contribution is 0.109. The summed E-state index contributed by atoms with van der Waals surface area (Å²) in [6, 6.07) is 1.92. The highest BCUT2D eigenvalue weighted by Crippen LogP contribution is 2.12. The lowest BCUT2D eigenvalue weighted by Gasteiger charge is -2.12. The van der Waals surface area contributed by atoms with Crippen LogP contribution in [0.5, 0.6) is 0 Å². The van der Waals surface area contributed by atoms with Crippen molar-refractivity contribution < 1.29 is 9.53 Å². The smallest absolute Gasteiger partial charge is 0.151 e. The van der Waals surface area contributed by atoms with Gasteiger partial charge in [0.05, 0.1) is 13.2 Å². The van der Waals surface area contributed by atoms with Gasteiger partial charge < -0.3 is 14.2 Å². The molecular formula is C13H22N2O2. The highest BCUT2D eigenvalue weighted by Gasteiger charge is 2.07. The predicted octanol–water partition coefficient (Wildman–Crippen LogP) is 1.50. The van der Waals surface area contributed by atoms with Gasteiger partial charge in [-0.25, -0.2) is 0 Å². The minimum atomic E-state index is 0.683. The zero-order valence-corrected chi connectivity index (χ0v) is 11.2. The highest BCUT2D eigenvalue weighted by molar-refractivity contribution is 5.77. The Morgan fingerprint density at radius 3 is 2.59 bits per heavy atom. The summed E-state index contributed by atoms with van der Waals surface area (Å²) in [4.78, 5) is 12.9. The van der Waals surface area contributed by atoms with E-state index in [0.29, 0.717) is 6.61 Å². The summed E-state index contributed by atoms with van der Waals surface area (Å²) in [5, 5.41) is 0. The molecule has 0 bridgehead atoms. The van der Waals surface area contributed by atoms with E-state index in [2.05, 4.69) is 9.47 Å². The van der Waals surface area contributed by atoms with Gasteiger partial charge in [0.25, 0.3) is 0 Å². The summed E-state index contributed by atoms with van der Waals surface area (Å²) in [6.07, 6.45) is 0.908. The molecule has 0 saturated heterocycles. The second kappa shape index (κ2) is 6.57. The van der Waals surface area contributed by atoms with Crippen LogP contribution in [-0.2, 0) is 11.3 Å². The quantitative estimate of drug-likeness (QED) is 0.533. The summed E-state index contributed by atoms with van der Waals surface area (Å²) in [6.45, 7) is 7.15. The molecule has 0 amide bonds. The first-order valence-corrected chi connectivity index (χ1v) is 5.90. The molecule has 96 valence electrons. The SMILES string of the molecule is Cc1cc(C=O)c(C)n1CCOCCN(C)C. The van der Waals surface area contributed by atoms with Crippen LogP contribution < -0.4 is 0 Å². The fourth-order valence-electron chi connectivity index (χ4n) is 1.80. The first-order valence-electron chi connectivity index (χ1n) is 5.90. The van der Waals surface area contributed by atoms with E-state index in [1.54, 1.807) is 0 Å². The van der Waals surface area contributed by atoms with E-state index in [4.69, 9.17) is 4.74 Å². The molecule has 0 N–H and O–H groups in total. The van der Waals surface area contributed by atoms with Gasteiger partial charge in [0.2, 0.25) is 0 Å². The molecule has 0 aliphatic rings. The van der Waals surface area contributed by atoms with Crippen molar-refractivity contribution in [3.05, 3.63) is 23.0 Å². The predicted molar refractivity (Wildman–Crippen MR) is 68.7 cm³/mol. The van der Waals surface area contributed by atoms with Crippen molar-refractivity contribution in [2.75, 3.05) is 33.9 Å². The van der Waals surface area contributed by atoms with Gasteiger partial charge in [0, 0.05) is 30.0 Å². The molecular weight excluding hydrogens is 216 g/mol. The van der Waals surface area contributed by atoms with Crippen LogP contribution in [-0.4, -0.2) is 49.6 Å². The Kier molecular flexibility index (Phi) is 5.38. The van der Waals surface area contributed by atoms with Crippen LogP contribution >= 0.6 is 0 Å². The van der Waals surface area contributed by atoms with E-state index in [1.807, 2.05) is 34.0 Å². The summed E-state index contributed by atoms with van der Waals surface area (Å²) < 4.78 is 7.67. The average Bonchev–Trinajstić information content (AvgIpc) is 2.54. The third-order valence-corrected chi connectivity index (χ3v) is 2.88. The molecule has 1 aromatic rings. The molecule has 4 nitrogen and oxygen atoms in total. The number of aromatic nitrogens is 1. The Hall–Kier alpha value is -1.13. The van der Waals surface area contributed by atoms with Crippen molar-refractivity contribution in [3.8, 4) is 0 Å². The molecule has 0 radical (unpaired) electrons. The summed E-state index contributed by atoms with van der Waals surface area (Å²) >= 11 is 0. The van der Waals surface area contributed by atoms with Crippen molar-refractivity contribution in [2.45, 2.75) is 20.4 Å². The number of ether oxygens (including phenoxy) is 1. The normalized spacial score (nSPS) is 11.1. The second-order valence-electron chi connectivity index (χ2n) is 4.51. The van der Waals surface area contributed by atoms with Crippen LogP contribution in [0.2, 0.25) is 0 Å². The molecule has 0 unspecified atom stereocenters. The van der Waals surface area contributed by atoms with Crippen LogP contribution in [0, 0.1) is 13.8 Å². The molecule has 0 saturated carbocycles. The number of nitrogens with zero attached hydrogens (tertiary/aromatic N) is 2. The molecule has 0 spiro atoms. The largest absolute Gasteiger partial charge is 0.378 e.